The highest BCUT2D eigenvalue weighted by Crippen LogP contribution is 2.61. The molecule has 0 unspecified atom stereocenters. The Hall–Kier alpha value is -1.11. The second-order valence-corrected chi connectivity index (χ2v) is 10.2. The van der Waals surface area contributed by atoms with Crippen LogP contribution in [0.5, 0.6) is 0 Å². The Balaban J connectivity index is 2.08. The van der Waals surface area contributed by atoms with Gasteiger partial charge in [0.25, 0.3) is 0 Å². The SMILES string of the molecule is [B][P+](c1ccccc1)(c1ccccc1)[C@@H](CCO)C1CCCCC1. The van der Waals surface area contributed by atoms with Crippen molar-refractivity contribution in [3.63, 3.8) is 0 Å². The zero-order valence-electron chi connectivity index (χ0n) is 14.3. The molecule has 2 aromatic carbocycles. The van der Waals surface area contributed by atoms with Gasteiger partial charge in [0.1, 0.15) is 0 Å². The van der Waals surface area contributed by atoms with E-state index in [1.165, 1.54) is 42.7 Å². The summed E-state index contributed by atoms with van der Waals surface area (Å²) in [5.41, 5.74) is 0.368. The van der Waals surface area contributed by atoms with Crippen LogP contribution in [0.15, 0.2) is 60.7 Å². The lowest BCUT2D eigenvalue weighted by Crippen LogP contribution is -2.37. The van der Waals surface area contributed by atoms with Gasteiger partial charge in [0.2, 0.25) is 0 Å². The number of hydrogen-bond acceptors (Lipinski definition) is 1. The van der Waals surface area contributed by atoms with E-state index in [2.05, 4.69) is 60.7 Å². The number of aliphatic hydroxyl groups is 1. The van der Waals surface area contributed by atoms with E-state index in [4.69, 9.17) is 7.57 Å². The predicted molar refractivity (Wildman–Crippen MR) is 107 cm³/mol. The average molecular weight is 337 g/mol. The third-order valence-corrected chi connectivity index (χ3v) is 9.54. The van der Waals surface area contributed by atoms with Gasteiger partial charge in [-0.25, -0.2) is 0 Å². The molecular formula is C21H27BOP+. The largest absolute Gasteiger partial charge is 0.396 e. The Morgan fingerprint density at radius 3 is 1.83 bits per heavy atom. The quantitative estimate of drug-likeness (QED) is 0.622. The fraction of sp³-hybridized carbons (Fsp3) is 0.429. The lowest BCUT2D eigenvalue weighted by Gasteiger charge is -2.38. The topological polar surface area (TPSA) is 20.2 Å². The molecule has 0 aromatic heterocycles. The maximum absolute atomic E-state index is 9.79. The van der Waals surface area contributed by atoms with Crippen LogP contribution in [0, 0.1) is 5.92 Å². The molecule has 0 spiro atoms. The van der Waals surface area contributed by atoms with E-state index in [-0.39, 0.29) is 6.61 Å². The first-order valence-corrected chi connectivity index (χ1v) is 11.1. The minimum atomic E-state index is -2.03. The number of hydrogen-bond donors (Lipinski definition) is 1. The van der Waals surface area contributed by atoms with E-state index in [1.54, 1.807) is 0 Å². The van der Waals surface area contributed by atoms with Gasteiger partial charge < -0.3 is 5.11 Å². The molecule has 0 saturated heterocycles. The monoisotopic (exact) mass is 337 g/mol. The first kappa shape index (κ1) is 17.7. The van der Waals surface area contributed by atoms with Crippen LogP contribution in [0.2, 0.25) is 0 Å². The molecule has 0 amide bonds. The van der Waals surface area contributed by atoms with Crippen molar-refractivity contribution in [2.24, 2.45) is 5.92 Å². The standard InChI is InChI=1S/C21H27BOP/c22-24(19-12-6-2-7-13-19,20-14-8-3-9-15-20)21(16-17-23)18-10-4-1-5-11-18/h2-3,6-9,12-15,18,21,23H,1,4-5,10-11,16-17H2/q+1/t21-/m0/s1. The van der Waals surface area contributed by atoms with E-state index >= 15 is 0 Å². The fourth-order valence-electron chi connectivity index (χ4n) is 4.30. The molecule has 1 aliphatic rings. The van der Waals surface area contributed by atoms with Gasteiger partial charge in [0.15, 0.2) is 0 Å². The smallest absolute Gasteiger partial charge is 0.377 e. The van der Waals surface area contributed by atoms with Crippen LogP contribution in [-0.2, 0) is 0 Å². The molecule has 1 atom stereocenters. The molecule has 1 aliphatic carbocycles. The zero-order valence-corrected chi connectivity index (χ0v) is 15.2. The van der Waals surface area contributed by atoms with Gasteiger partial charge in [-0.15, -0.1) is 0 Å². The average Bonchev–Trinajstić information content (AvgIpc) is 2.67. The number of rotatable bonds is 6. The van der Waals surface area contributed by atoms with Crippen molar-refractivity contribution in [2.75, 3.05) is 6.61 Å². The minimum absolute atomic E-state index is 0.222. The van der Waals surface area contributed by atoms with Crippen LogP contribution in [0.1, 0.15) is 38.5 Å². The lowest BCUT2D eigenvalue weighted by atomic mass is 9.86. The molecular weight excluding hydrogens is 310 g/mol. The molecule has 0 aliphatic heterocycles. The number of benzene rings is 2. The highest BCUT2D eigenvalue weighted by atomic mass is 31.2. The van der Waals surface area contributed by atoms with Crippen molar-refractivity contribution in [3.8, 4) is 0 Å². The van der Waals surface area contributed by atoms with E-state index in [1.807, 2.05) is 0 Å². The third-order valence-electron chi connectivity index (χ3n) is 5.51. The Kier molecular flexibility index (Phi) is 6.14. The second-order valence-electron chi connectivity index (χ2n) is 6.93. The summed E-state index contributed by atoms with van der Waals surface area (Å²) < 4.78 is 0. The van der Waals surface area contributed by atoms with Crippen molar-refractivity contribution >= 4 is 25.3 Å². The van der Waals surface area contributed by atoms with Gasteiger partial charge in [-0.2, -0.15) is 0 Å². The van der Waals surface area contributed by atoms with Crippen LogP contribution >= 0.6 is 7.14 Å². The van der Waals surface area contributed by atoms with Crippen LogP contribution in [0.4, 0.5) is 0 Å². The lowest BCUT2D eigenvalue weighted by molar-refractivity contribution is 0.257. The van der Waals surface area contributed by atoms with Crippen molar-refractivity contribution in [1.29, 1.82) is 0 Å². The van der Waals surface area contributed by atoms with Gasteiger partial charge in [-0.1, -0.05) is 55.7 Å². The van der Waals surface area contributed by atoms with Gasteiger partial charge in [-0.3, -0.25) is 0 Å². The summed E-state index contributed by atoms with van der Waals surface area (Å²) >= 11 is 0. The molecule has 24 heavy (non-hydrogen) atoms. The van der Waals surface area contributed by atoms with E-state index < -0.39 is 7.14 Å². The summed E-state index contributed by atoms with van der Waals surface area (Å²) in [6.45, 7) is 0.222. The number of aliphatic hydroxyl groups excluding tert-OH is 1. The minimum Gasteiger partial charge on any atom is -0.396 e. The van der Waals surface area contributed by atoms with E-state index in [0.29, 0.717) is 11.6 Å². The third kappa shape index (κ3) is 3.61. The highest BCUT2D eigenvalue weighted by Gasteiger charge is 2.48. The molecule has 0 bridgehead atoms. The van der Waals surface area contributed by atoms with E-state index in [0.717, 1.165) is 6.42 Å². The Bertz CT molecular complexity index is 571. The van der Waals surface area contributed by atoms with Crippen molar-refractivity contribution in [1.82, 2.24) is 0 Å². The molecule has 1 N–H and O–H groups in total. The normalized spacial score (nSPS) is 17.5. The summed E-state index contributed by atoms with van der Waals surface area (Å²) in [6.07, 6.45) is 7.26. The van der Waals surface area contributed by atoms with Crippen molar-refractivity contribution in [3.05, 3.63) is 60.7 Å². The summed E-state index contributed by atoms with van der Waals surface area (Å²) in [5.74, 6) is 0.629. The van der Waals surface area contributed by atoms with Crippen LogP contribution < -0.4 is 10.6 Å². The molecule has 3 rings (SSSR count). The maximum Gasteiger partial charge on any atom is 0.377 e. The Labute approximate surface area is 148 Å². The van der Waals surface area contributed by atoms with Crippen LogP contribution in [-0.4, -0.2) is 24.9 Å². The predicted octanol–water partition coefficient (Wildman–Crippen LogP) is 4.07. The van der Waals surface area contributed by atoms with Gasteiger partial charge >= 0.3 is 7.57 Å². The second kappa shape index (κ2) is 8.32. The fourth-order valence-corrected chi connectivity index (χ4v) is 8.19. The summed E-state index contributed by atoms with van der Waals surface area (Å²) in [5, 5.41) is 12.3. The van der Waals surface area contributed by atoms with Gasteiger partial charge in [0.05, 0.1) is 16.3 Å². The van der Waals surface area contributed by atoms with Crippen molar-refractivity contribution < 1.29 is 5.11 Å². The Morgan fingerprint density at radius 2 is 1.38 bits per heavy atom. The summed E-state index contributed by atoms with van der Waals surface area (Å²) in [6, 6.07) is 21.2. The molecule has 2 aromatic rings. The van der Waals surface area contributed by atoms with Gasteiger partial charge in [0, 0.05) is 20.2 Å². The van der Waals surface area contributed by atoms with Crippen LogP contribution in [0.3, 0.4) is 0 Å². The Morgan fingerprint density at radius 1 is 0.875 bits per heavy atom. The summed E-state index contributed by atoms with van der Waals surface area (Å²) in [4.78, 5) is 0. The molecule has 1 saturated carbocycles. The van der Waals surface area contributed by atoms with E-state index in [9.17, 15) is 5.11 Å². The van der Waals surface area contributed by atoms with Crippen molar-refractivity contribution in [2.45, 2.75) is 44.2 Å². The molecule has 1 fully saturated rings. The molecule has 2 radical (unpaired) electrons. The molecule has 0 heterocycles. The molecule has 3 heteroatoms. The zero-order chi connectivity index (χ0) is 16.8. The van der Waals surface area contributed by atoms with Crippen LogP contribution in [0.25, 0.3) is 0 Å². The first-order chi connectivity index (χ1) is 11.8. The summed E-state index contributed by atoms with van der Waals surface area (Å²) in [7, 11) is 5.27. The molecule has 124 valence electrons. The van der Waals surface area contributed by atoms with Gasteiger partial charge in [-0.05, 0) is 43.0 Å². The maximum atomic E-state index is 9.79. The highest BCUT2D eigenvalue weighted by molar-refractivity contribution is 8.09. The molecule has 1 nitrogen and oxygen atoms in total. The first-order valence-electron chi connectivity index (χ1n) is 9.16.